The topological polar surface area (TPSA) is 67.6 Å². The highest BCUT2D eigenvalue weighted by Gasteiger charge is 2.20. The number of rotatable bonds is 8. The van der Waals surface area contributed by atoms with Crippen LogP contribution in [0.15, 0.2) is 42.6 Å². The molecule has 0 spiro atoms. The number of ether oxygens (including phenoxy) is 1. The maximum absolute atomic E-state index is 11.9. The van der Waals surface area contributed by atoms with E-state index in [1.54, 1.807) is 12.3 Å². The van der Waals surface area contributed by atoms with Gasteiger partial charge in [-0.2, -0.15) is 0 Å². The Balaban J connectivity index is 2.10. The Labute approximate surface area is 165 Å². The number of aromatic carboxylic acids is 1. The molecule has 0 bridgehead atoms. The highest BCUT2D eigenvalue weighted by molar-refractivity contribution is 5.96. The van der Waals surface area contributed by atoms with Gasteiger partial charge in [0.1, 0.15) is 18.1 Å². The number of hydrogen-bond donors (Lipinski definition) is 1. The molecule has 2 aromatic heterocycles. The van der Waals surface area contributed by atoms with Crippen molar-refractivity contribution < 1.29 is 14.6 Å². The van der Waals surface area contributed by atoms with Crippen LogP contribution in [0.4, 0.5) is 0 Å². The third-order valence-electron chi connectivity index (χ3n) is 4.69. The average molecular weight is 381 g/mol. The smallest absolute Gasteiger partial charge is 0.352 e. The molecule has 1 N–H and O–H groups in total. The molecule has 28 heavy (non-hydrogen) atoms. The van der Waals surface area contributed by atoms with Crippen molar-refractivity contribution in [2.45, 2.75) is 26.3 Å². The van der Waals surface area contributed by atoms with Crippen LogP contribution in [0, 0.1) is 0 Å². The van der Waals surface area contributed by atoms with Crippen molar-refractivity contribution in [2.24, 2.45) is 0 Å². The fraction of sp³-hybridized carbons (Fsp3) is 0.364. The summed E-state index contributed by atoms with van der Waals surface area (Å²) >= 11 is 0. The monoisotopic (exact) mass is 381 g/mol. The lowest BCUT2D eigenvalue weighted by Gasteiger charge is -2.16. The summed E-state index contributed by atoms with van der Waals surface area (Å²) in [7, 11) is 4.01. The first kappa shape index (κ1) is 19.9. The first-order chi connectivity index (χ1) is 13.4. The van der Waals surface area contributed by atoms with Gasteiger partial charge in [-0.25, -0.2) is 4.79 Å². The van der Waals surface area contributed by atoms with Crippen LogP contribution in [0.5, 0.6) is 5.75 Å². The highest BCUT2D eigenvalue weighted by Crippen LogP contribution is 2.33. The molecule has 0 fully saturated rings. The van der Waals surface area contributed by atoms with Gasteiger partial charge < -0.3 is 19.3 Å². The summed E-state index contributed by atoms with van der Waals surface area (Å²) in [6.07, 6.45) is 1.72. The van der Waals surface area contributed by atoms with Crippen LogP contribution in [0.2, 0.25) is 0 Å². The molecule has 1 aromatic carbocycles. The van der Waals surface area contributed by atoms with E-state index in [1.165, 1.54) is 0 Å². The molecule has 0 atom stereocenters. The summed E-state index contributed by atoms with van der Waals surface area (Å²) in [6.45, 7) is 6.02. The number of aromatic nitrogens is 2. The van der Waals surface area contributed by atoms with E-state index in [0.717, 1.165) is 34.5 Å². The van der Waals surface area contributed by atoms with Crippen LogP contribution in [-0.2, 0) is 6.54 Å². The number of carbonyl (C=O) groups is 1. The molecule has 0 aliphatic heterocycles. The predicted molar refractivity (Wildman–Crippen MR) is 110 cm³/mol. The molecule has 3 rings (SSSR count). The van der Waals surface area contributed by atoms with Crippen molar-refractivity contribution >= 4 is 16.9 Å². The van der Waals surface area contributed by atoms with Crippen LogP contribution in [0.3, 0.4) is 0 Å². The Morgan fingerprint density at radius 3 is 2.64 bits per heavy atom. The molecule has 0 saturated carbocycles. The Morgan fingerprint density at radius 2 is 2.04 bits per heavy atom. The van der Waals surface area contributed by atoms with Gasteiger partial charge in [0.2, 0.25) is 0 Å². The van der Waals surface area contributed by atoms with E-state index < -0.39 is 5.97 Å². The van der Waals surface area contributed by atoms with Gasteiger partial charge in [-0.1, -0.05) is 19.9 Å². The van der Waals surface area contributed by atoms with Gasteiger partial charge in [0.25, 0.3) is 0 Å². The fourth-order valence-electron chi connectivity index (χ4n) is 3.28. The van der Waals surface area contributed by atoms with Crippen LogP contribution in [-0.4, -0.2) is 52.8 Å². The van der Waals surface area contributed by atoms with Crippen molar-refractivity contribution in [1.82, 2.24) is 14.5 Å². The molecule has 0 radical (unpaired) electrons. The summed E-state index contributed by atoms with van der Waals surface area (Å²) in [6, 6.07) is 11.4. The van der Waals surface area contributed by atoms with Crippen molar-refractivity contribution in [3.8, 4) is 5.75 Å². The minimum Gasteiger partial charge on any atom is -0.492 e. The Morgan fingerprint density at radius 1 is 1.25 bits per heavy atom. The van der Waals surface area contributed by atoms with Crippen LogP contribution in [0.1, 0.15) is 41.5 Å². The number of pyridine rings is 1. The Kier molecular flexibility index (Phi) is 5.99. The summed E-state index contributed by atoms with van der Waals surface area (Å²) in [5, 5.41) is 10.6. The Hall–Kier alpha value is -2.86. The van der Waals surface area contributed by atoms with Gasteiger partial charge in [-0.3, -0.25) is 4.98 Å². The Bertz CT molecular complexity index is 962. The van der Waals surface area contributed by atoms with E-state index in [9.17, 15) is 9.90 Å². The zero-order chi connectivity index (χ0) is 20.3. The van der Waals surface area contributed by atoms with Gasteiger partial charge in [0.15, 0.2) is 0 Å². The van der Waals surface area contributed by atoms with Gasteiger partial charge in [-0.15, -0.1) is 0 Å². The summed E-state index contributed by atoms with van der Waals surface area (Å²) in [5.74, 6) is 0.0424. The fourth-order valence-corrected chi connectivity index (χ4v) is 3.28. The number of likely N-dealkylation sites (N-methyl/N-ethyl adjacent to an activating group) is 1. The lowest BCUT2D eigenvalue weighted by atomic mass is 10.00. The standard InChI is InChI=1S/C22H27N3O3/c1-15(2)19-13-18(28-10-9-24(3)4)11-16-12-20(22(26)27)25(21(16)19)14-17-7-5-6-8-23-17/h5-8,11-13,15H,9-10,14H2,1-4H3,(H,26,27). The summed E-state index contributed by atoms with van der Waals surface area (Å²) in [4.78, 5) is 18.3. The minimum atomic E-state index is -0.947. The lowest BCUT2D eigenvalue weighted by Crippen LogP contribution is -2.19. The van der Waals surface area contributed by atoms with E-state index in [4.69, 9.17) is 4.74 Å². The second-order valence-electron chi connectivity index (χ2n) is 7.50. The largest absolute Gasteiger partial charge is 0.492 e. The van der Waals surface area contributed by atoms with Crippen LogP contribution < -0.4 is 4.74 Å². The third kappa shape index (κ3) is 4.34. The van der Waals surface area contributed by atoms with Crippen LogP contribution in [0.25, 0.3) is 10.9 Å². The zero-order valence-corrected chi connectivity index (χ0v) is 16.8. The predicted octanol–water partition coefficient (Wildman–Crippen LogP) is 3.85. The number of carboxylic acid groups (broad SMARTS) is 1. The normalized spacial score (nSPS) is 11.5. The van der Waals surface area contributed by atoms with E-state index in [-0.39, 0.29) is 11.6 Å². The number of hydrogen-bond acceptors (Lipinski definition) is 4. The summed E-state index contributed by atoms with van der Waals surface area (Å²) < 4.78 is 7.78. The molecular formula is C22H27N3O3. The minimum absolute atomic E-state index is 0.221. The molecule has 0 aliphatic carbocycles. The van der Waals surface area contributed by atoms with E-state index in [2.05, 4.69) is 23.7 Å². The van der Waals surface area contributed by atoms with Crippen molar-refractivity contribution in [1.29, 1.82) is 0 Å². The SMILES string of the molecule is CC(C)c1cc(OCCN(C)C)cc2cc(C(=O)O)n(Cc3ccccn3)c12. The van der Waals surface area contributed by atoms with E-state index in [1.807, 2.05) is 49.0 Å². The number of fused-ring (bicyclic) bond motifs is 1. The number of benzene rings is 1. The maximum atomic E-state index is 11.9. The second kappa shape index (κ2) is 8.44. The van der Waals surface area contributed by atoms with Gasteiger partial charge >= 0.3 is 5.97 Å². The van der Waals surface area contributed by atoms with Crippen LogP contribution >= 0.6 is 0 Å². The van der Waals surface area contributed by atoms with Gasteiger partial charge in [0, 0.05) is 18.1 Å². The molecule has 0 aliphatic rings. The number of nitrogens with zero attached hydrogens (tertiary/aromatic N) is 3. The molecule has 0 saturated heterocycles. The quantitative estimate of drug-likeness (QED) is 0.642. The van der Waals surface area contributed by atoms with Crippen molar-refractivity contribution in [3.63, 3.8) is 0 Å². The molecule has 6 nitrogen and oxygen atoms in total. The molecular weight excluding hydrogens is 354 g/mol. The molecule has 148 valence electrons. The first-order valence-electron chi connectivity index (χ1n) is 9.44. The third-order valence-corrected chi connectivity index (χ3v) is 4.69. The maximum Gasteiger partial charge on any atom is 0.352 e. The molecule has 6 heteroatoms. The number of carboxylic acids is 1. The molecule has 2 heterocycles. The molecule has 0 amide bonds. The van der Waals surface area contributed by atoms with Gasteiger partial charge in [0.05, 0.1) is 17.8 Å². The summed E-state index contributed by atoms with van der Waals surface area (Å²) in [5.41, 5.74) is 3.08. The first-order valence-corrected chi connectivity index (χ1v) is 9.44. The molecule has 3 aromatic rings. The van der Waals surface area contributed by atoms with Gasteiger partial charge in [-0.05, 0) is 55.9 Å². The highest BCUT2D eigenvalue weighted by atomic mass is 16.5. The second-order valence-corrected chi connectivity index (χ2v) is 7.50. The van der Waals surface area contributed by atoms with E-state index >= 15 is 0 Å². The van der Waals surface area contributed by atoms with E-state index in [0.29, 0.717) is 13.2 Å². The lowest BCUT2D eigenvalue weighted by molar-refractivity contribution is 0.0686. The van der Waals surface area contributed by atoms with Crippen molar-refractivity contribution in [2.75, 3.05) is 27.2 Å². The average Bonchev–Trinajstić information content (AvgIpc) is 3.00. The molecule has 0 unspecified atom stereocenters. The zero-order valence-electron chi connectivity index (χ0n) is 16.8. The van der Waals surface area contributed by atoms with Crippen molar-refractivity contribution in [3.05, 3.63) is 59.5 Å².